The Bertz CT molecular complexity index is 678. The van der Waals surface area contributed by atoms with Crippen molar-refractivity contribution >= 4 is 5.91 Å². The van der Waals surface area contributed by atoms with E-state index < -0.39 is 0 Å². The summed E-state index contributed by atoms with van der Waals surface area (Å²) in [6, 6.07) is 4.14. The Balaban J connectivity index is 1.38. The van der Waals surface area contributed by atoms with Crippen LogP contribution in [0, 0.1) is 5.92 Å². The van der Waals surface area contributed by atoms with Gasteiger partial charge in [-0.1, -0.05) is 31.4 Å². The highest BCUT2D eigenvalue weighted by molar-refractivity contribution is 5.83. The smallest absolute Gasteiger partial charge is 0.247 e. The van der Waals surface area contributed by atoms with E-state index in [-0.39, 0.29) is 11.9 Å². The molecule has 4 rings (SSSR count). The molecule has 1 amide bonds. The van der Waals surface area contributed by atoms with Gasteiger partial charge < -0.3 is 9.32 Å². The summed E-state index contributed by atoms with van der Waals surface area (Å²) in [7, 11) is 0. The molecule has 2 atom stereocenters. The minimum absolute atomic E-state index is 0.161. The number of nitrogens with zero attached hydrogens (tertiary/aromatic N) is 2. The molecule has 1 aliphatic heterocycles. The largest absolute Gasteiger partial charge is 0.467 e. The number of nitrogens with one attached hydrogen (secondary N) is 1. The number of allylic oxidation sites excluding steroid dienone is 1. The molecule has 2 fully saturated rings. The number of fused-ring (bicyclic) bond motifs is 1. The molecule has 5 heteroatoms. The minimum Gasteiger partial charge on any atom is -0.467 e. The minimum atomic E-state index is -0.381. The second-order valence-electron chi connectivity index (χ2n) is 8.92. The summed E-state index contributed by atoms with van der Waals surface area (Å²) in [6.45, 7) is 6.77. The zero-order chi connectivity index (χ0) is 20.1. The van der Waals surface area contributed by atoms with Gasteiger partial charge in [-0.3, -0.25) is 15.0 Å². The molecule has 0 radical (unpaired) electrons. The van der Waals surface area contributed by atoms with E-state index in [0.717, 1.165) is 50.9 Å². The van der Waals surface area contributed by atoms with Gasteiger partial charge in [0.15, 0.2) is 0 Å². The molecule has 0 bridgehead atoms. The Morgan fingerprint density at radius 1 is 1.28 bits per heavy atom. The van der Waals surface area contributed by atoms with Crippen LogP contribution >= 0.6 is 0 Å². The summed E-state index contributed by atoms with van der Waals surface area (Å²) in [5.74, 6) is 1.60. The van der Waals surface area contributed by atoms with Crippen molar-refractivity contribution in [3.8, 4) is 0 Å². The van der Waals surface area contributed by atoms with Crippen LogP contribution < -0.4 is 5.32 Å². The van der Waals surface area contributed by atoms with E-state index in [0.29, 0.717) is 5.92 Å². The normalized spacial score (nSPS) is 23.9. The van der Waals surface area contributed by atoms with Crippen LogP contribution in [0.2, 0.25) is 0 Å². The number of likely N-dealkylation sites (tertiary alicyclic amines) is 1. The number of carbonyl (C=O) groups excluding carboxylic acids is 1. The van der Waals surface area contributed by atoms with Crippen molar-refractivity contribution in [2.24, 2.45) is 5.92 Å². The molecule has 1 N–H and O–H groups in total. The van der Waals surface area contributed by atoms with E-state index in [1.807, 2.05) is 17.0 Å². The SMILES string of the molecule is CCN(CCNC(C(=O)N1CCC2CCCC=C2C1)c1ccco1)C1CCCC1. The Morgan fingerprint density at radius 2 is 2.14 bits per heavy atom. The van der Waals surface area contributed by atoms with Gasteiger partial charge in [-0.2, -0.15) is 0 Å². The molecule has 0 aromatic carbocycles. The van der Waals surface area contributed by atoms with Crippen molar-refractivity contribution in [2.45, 2.75) is 70.4 Å². The summed E-state index contributed by atoms with van der Waals surface area (Å²) in [4.78, 5) is 18.1. The monoisotopic (exact) mass is 399 g/mol. The van der Waals surface area contributed by atoms with Crippen LogP contribution in [0.4, 0.5) is 0 Å². The van der Waals surface area contributed by atoms with Crippen molar-refractivity contribution < 1.29 is 9.21 Å². The van der Waals surface area contributed by atoms with Gasteiger partial charge in [-0.25, -0.2) is 0 Å². The van der Waals surface area contributed by atoms with Crippen molar-refractivity contribution in [1.82, 2.24) is 15.1 Å². The van der Waals surface area contributed by atoms with Crippen LogP contribution in [0.15, 0.2) is 34.5 Å². The van der Waals surface area contributed by atoms with Crippen LogP contribution in [0.25, 0.3) is 0 Å². The molecule has 1 aromatic rings. The first kappa shape index (κ1) is 20.7. The molecular weight excluding hydrogens is 362 g/mol. The average molecular weight is 400 g/mol. The maximum absolute atomic E-state index is 13.4. The van der Waals surface area contributed by atoms with Crippen LogP contribution in [-0.2, 0) is 4.79 Å². The lowest BCUT2D eigenvalue weighted by Gasteiger charge is -2.38. The standard InChI is InChI=1S/C24H37N3O2/c1-2-26(21-10-5-6-11-21)16-14-25-23(22-12-7-17-29-22)24(28)27-15-13-19-8-3-4-9-20(19)18-27/h7,9,12,17,19,21,23,25H,2-6,8,10-11,13-16,18H2,1H3. The van der Waals surface area contributed by atoms with E-state index in [1.54, 1.807) is 6.26 Å². The third-order valence-electron chi connectivity index (χ3n) is 7.19. The number of amides is 1. The van der Waals surface area contributed by atoms with Crippen molar-refractivity contribution in [2.75, 3.05) is 32.7 Å². The second kappa shape index (κ2) is 9.94. The van der Waals surface area contributed by atoms with Crippen LogP contribution in [0.5, 0.6) is 0 Å². The summed E-state index contributed by atoms with van der Waals surface area (Å²) in [5.41, 5.74) is 1.48. The lowest BCUT2D eigenvalue weighted by Crippen LogP contribution is -2.47. The number of likely N-dealkylation sites (N-methyl/N-ethyl adjacent to an activating group) is 1. The molecule has 1 saturated heterocycles. The molecular formula is C24H37N3O2. The van der Waals surface area contributed by atoms with Gasteiger partial charge in [0, 0.05) is 32.2 Å². The van der Waals surface area contributed by atoms with E-state index in [1.165, 1.54) is 50.5 Å². The van der Waals surface area contributed by atoms with Gasteiger partial charge in [0.25, 0.3) is 0 Å². The van der Waals surface area contributed by atoms with Gasteiger partial charge in [-0.05, 0) is 63.1 Å². The Morgan fingerprint density at radius 3 is 2.90 bits per heavy atom. The molecule has 5 nitrogen and oxygen atoms in total. The van der Waals surface area contributed by atoms with Crippen LogP contribution in [0.3, 0.4) is 0 Å². The fraction of sp³-hybridized carbons (Fsp3) is 0.708. The topological polar surface area (TPSA) is 48.7 Å². The fourth-order valence-corrected chi connectivity index (χ4v) is 5.49. The number of rotatable bonds is 8. The molecule has 29 heavy (non-hydrogen) atoms. The lowest BCUT2D eigenvalue weighted by molar-refractivity contribution is -0.134. The molecule has 160 valence electrons. The zero-order valence-corrected chi connectivity index (χ0v) is 17.9. The summed E-state index contributed by atoms with van der Waals surface area (Å²) >= 11 is 0. The highest BCUT2D eigenvalue weighted by Gasteiger charge is 2.33. The third kappa shape index (κ3) is 4.95. The molecule has 2 aliphatic carbocycles. The number of hydrogen-bond acceptors (Lipinski definition) is 4. The first-order valence-corrected chi connectivity index (χ1v) is 11.7. The van der Waals surface area contributed by atoms with Crippen LogP contribution in [0.1, 0.15) is 70.1 Å². The Hall–Kier alpha value is -1.59. The van der Waals surface area contributed by atoms with E-state index >= 15 is 0 Å². The third-order valence-corrected chi connectivity index (χ3v) is 7.19. The maximum atomic E-state index is 13.4. The fourth-order valence-electron chi connectivity index (χ4n) is 5.49. The van der Waals surface area contributed by atoms with Gasteiger partial charge in [-0.15, -0.1) is 0 Å². The number of piperidine rings is 1. The van der Waals surface area contributed by atoms with Gasteiger partial charge in [0.2, 0.25) is 5.91 Å². The predicted octanol–water partition coefficient (Wildman–Crippen LogP) is 4.13. The summed E-state index contributed by atoms with van der Waals surface area (Å²) < 4.78 is 5.66. The van der Waals surface area contributed by atoms with E-state index in [2.05, 4.69) is 23.2 Å². The maximum Gasteiger partial charge on any atom is 0.247 e. The number of hydrogen-bond donors (Lipinski definition) is 1. The molecule has 3 aliphatic rings. The molecule has 1 aromatic heterocycles. The summed E-state index contributed by atoms with van der Waals surface area (Å²) in [6.07, 6.45) is 14.3. The second-order valence-corrected chi connectivity index (χ2v) is 8.92. The Kier molecular flexibility index (Phi) is 7.09. The van der Waals surface area contributed by atoms with Gasteiger partial charge in [0.1, 0.15) is 11.8 Å². The van der Waals surface area contributed by atoms with Crippen molar-refractivity contribution in [3.05, 3.63) is 35.8 Å². The Labute approximate surface area is 175 Å². The molecule has 1 saturated carbocycles. The van der Waals surface area contributed by atoms with E-state index in [9.17, 15) is 4.79 Å². The number of furan rings is 1. The molecule has 0 spiro atoms. The lowest BCUT2D eigenvalue weighted by atomic mass is 9.82. The molecule has 2 unspecified atom stereocenters. The van der Waals surface area contributed by atoms with Crippen molar-refractivity contribution in [3.63, 3.8) is 0 Å². The van der Waals surface area contributed by atoms with Gasteiger partial charge in [0.05, 0.1) is 6.26 Å². The zero-order valence-electron chi connectivity index (χ0n) is 17.9. The quantitative estimate of drug-likeness (QED) is 0.668. The van der Waals surface area contributed by atoms with E-state index in [4.69, 9.17) is 4.42 Å². The predicted molar refractivity (Wildman–Crippen MR) is 116 cm³/mol. The molecule has 2 heterocycles. The highest BCUT2D eigenvalue weighted by Crippen LogP contribution is 2.33. The number of carbonyl (C=O) groups is 1. The summed E-state index contributed by atoms with van der Waals surface area (Å²) in [5, 5.41) is 3.53. The highest BCUT2D eigenvalue weighted by atomic mass is 16.3. The first-order valence-electron chi connectivity index (χ1n) is 11.7. The first-order chi connectivity index (χ1) is 14.3. The average Bonchev–Trinajstić information content (AvgIpc) is 3.48. The van der Waals surface area contributed by atoms with Crippen molar-refractivity contribution in [1.29, 1.82) is 0 Å². The van der Waals surface area contributed by atoms with Crippen LogP contribution in [-0.4, -0.2) is 54.5 Å². The van der Waals surface area contributed by atoms with Gasteiger partial charge >= 0.3 is 0 Å².